The van der Waals surface area contributed by atoms with Crippen LogP contribution >= 0.6 is 0 Å². The molecule has 0 fully saturated rings. The third-order valence-corrected chi connectivity index (χ3v) is 6.20. The van der Waals surface area contributed by atoms with Gasteiger partial charge in [0.1, 0.15) is 24.7 Å². The number of hydrogen-bond acceptors (Lipinski definition) is 6. The summed E-state index contributed by atoms with van der Waals surface area (Å²) in [6.07, 6.45) is 0.0106. The van der Waals surface area contributed by atoms with Crippen molar-refractivity contribution in [3.8, 4) is 23.0 Å². The zero-order valence-electron chi connectivity index (χ0n) is 21.9. The Hall–Kier alpha value is -4.00. The largest absolute Gasteiger partial charge is 0.493 e. The van der Waals surface area contributed by atoms with Crippen molar-refractivity contribution in [1.29, 1.82) is 0 Å². The molecule has 0 aliphatic heterocycles. The molecule has 0 saturated heterocycles. The standard InChI is InChI=1S/C32H35NO5/c1-35-31-15-13-24(19-32(31)36-2)17-18-33-21-29(34)28-20-27(37-22-25-9-5-3-6-10-25)14-16-30(28)38-23-26-11-7-4-8-12-26/h3-16,19-20,29,33-34H,17-18,21-23H2,1-2H3. The van der Waals surface area contributed by atoms with E-state index in [-0.39, 0.29) is 0 Å². The van der Waals surface area contributed by atoms with Gasteiger partial charge in [-0.15, -0.1) is 0 Å². The molecule has 198 valence electrons. The number of aliphatic hydroxyl groups excluding tert-OH is 1. The summed E-state index contributed by atoms with van der Waals surface area (Å²) < 4.78 is 22.8. The van der Waals surface area contributed by atoms with E-state index in [0.717, 1.165) is 23.1 Å². The Balaban J connectivity index is 1.40. The van der Waals surface area contributed by atoms with Crippen molar-refractivity contribution >= 4 is 0 Å². The number of rotatable bonds is 14. The van der Waals surface area contributed by atoms with Gasteiger partial charge in [-0.2, -0.15) is 0 Å². The maximum atomic E-state index is 11.1. The summed E-state index contributed by atoms with van der Waals surface area (Å²) in [5, 5.41) is 14.5. The Labute approximate surface area is 224 Å². The highest BCUT2D eigenvalue weighted by Gasteiger charge is 2.16. The minimum absolute atomic E-state index is 0.372. The van der Waals surface area contributed by atoms with Crippen LogP contribution < -0.4 is 24.3 Å². The molecule has 4 rings (SSSR count). The highest BCUT2D eigenvalue weighted by atomic mass is 16.5. The normalized spacial score (nSPS) is 11.6. The molecule has 0 aromatic heterocycles. The maximum absolute atomic E-state index is 11.1. The molecule has 0 aliphatic carbocycles. The Morgan fingerprint density at radius 3 is 1.95 bits per heavy atom. The summed E-state index contributed by atoms with van der Waals surface area (Å²) in [4.78, 5) is 0. The maximum Gasteiger partial charge on any atom is 0.160 e. The molecule has 0 radical (unpaired) electrons. The van der Waals surface area contributed by atoms with E-state index in [1.807, 2.05) is 97.1 Å². The van der Waals surface area contributed by atoms with E-state index < -0.39 is 6.10 Å². The van der Waals surface area contributed by atoms with E-state index in [0.29, 0.717) is 54.9 Å². The lowest BCUT2D eigenvalue weighted by molar-refractivity contribution is 0.167. The topological polar surface area (TPSA) is 69.2 Å². The molecule has 0 bridgehead atoms. The van der Waals surface area contributed by atoms with E-state index in [4.69, 9.17) is 18.9 Å². The van der Waals surface area contributed by atoms with Crippen molar-refractivity contribution in [3.63, 3.8) is 0 Å². The first kappa shape index (κ1) is 27.0. The highest BCUT2D eigenvalue weighted by molar-refractivity contribution is 5.43. The quantitative estimate of drug-likeness (QED) is 0.210. The number of methoxy groups -OCH3 is 2. The number of nitrogens with one attached hydrogen (secondary N) is 1. The average Bonchev–Trinajstić information content (AvgIpc) is 2.98. The fraction of sp³-hybridized carbons (Fsp3) is 0.250. The van der Waals surface area contributed by atoms with Crippen LogP contribution in [0.3, 0.4) is 0 Å². The van der Waals surface area contributed by atoms with Gasteiger partial charge in [0.15, 0.2) is 11.5 Å². The van der Waals surface area contributed by atoms with Gasteiger partial charge in [0.2, 0.25) is 0 Å². The number of benzene rings is 4. The summed E-state index contributed by atoms with van der Waals surface area (Å²) in [5.74, 6) is 2.73. The van der Waals surface area contributed by atoms with Crippen molar-refractivity contribution in [2.45, 2.75) is 25.7 Å². The number of ether oxygens (including phenoxy) is 4. The van der Waals surface area contributed by atoms with Crippen LogP contribution in [0.5, 0.6) is 23.0 Å². The van der Waals surface area contributed by atoms with Crippen molar-refractivity contribution in [3.05, 3.63) is 119 Å². The molecule has 1 unspecified atom stereocenters. The van der Waals surface area contributed by atoms with Gasteiger partial charge in [-0.1, -0.05) is 66.7 Å². The van der Waals surface area contributed by atoms with Gasteiger partial charge in [0, 0.05) is 12.1 Å². The lowest BCUT2D eigenvalue weighted by Crippen LogP contribution is -2.24. The van der Waals surface area contributed by atoms with E-state index in [1.165, 1.54) is 0 Å². The second-order valence-electron chi connectivity index (χ2n) is 8.91. The van der Waals surface area contributed by atoms with E-state index >= 15 is 0 Å². The number of aliphatic hydroxyl groups is 1. The number of hydrogen-bond donors (Lipinski definition) is 2. The Kier molecular flexibility index (Phi) is 10.0. The zero-order chi connectivity index (χ0) is 26.6. The smallest absolute Gasteiger partial charge is 0.160 e. The first-order valence-corrected chi connectivity index (χ1v) is 12.7. The van der Waals surface area contributed by atoms with Crippen molar-refractivity contribution in [1.82, 2.24) is 5.32 Å². The molecule has 4 aromatic rings. The van der Waals surface area contributed by atoms with Crippen LogP contribution in [0.25, 0.3) is 0 Å². The lowest BCUT2D eigenvalue weighted by atomic mass is 10.1. The zero-order valence-corrected chi connectivity index (χ0v) is 21.9. The molecule has 0 heterocycles. The molecule has 0 spiro atoms. The first-order valence-electron chi connectivity index (χ1n) is 12.7. The molecule has 0 amide bonds. The first-order chi connectivity index (χ1) is 18.7. The summed E-state index contributed by atoms with van der Waals surface area (Å²) in [7, 11) is 3.26. The van der Waals surface area contributed by atoms with Gasteiger partial charge in [-0.05, 0) is 60.0 Å². The van der Waals surface area contributed by atoms with Crippen LogP contribution in [0, 0.1) is 0 Å². The molecular formula is C32H35NO5. The molecule has 0 aliphatic rings. The molecule has 1 atom stereocenters. The van der Waals surface area contributed by atoms with Gasteiger partial charge < -0.3 is 29.4 Å². The lowest BCUT2D eigenvalue weighted by Gasteiger charge is -2.19. The van der Waals surface area contributed by atoms with Crippen LogP contribution in [-0.2, 0) is 19.6 Å². The molecule has 38 heavy (non-hydrogen) atoms. The van der Waals surface area contributed by atoms with Crippen molar-refractivity contribution in [2.75, 3.05) is 27.3 Å². The van der Waals surface area contributed by atoms with Crippen LogP contribution in [0.4, 0.5) is 0 Å². The summed E-state index contributed by atoms with van der Waals surface area (Å²) >= 11 is 0. The van der Waals surface area contributed by atoms with Crippen LogP contribution in [0.15, 0.2) is 97.1 Å². The fourth-order valence-electron chi connectivity index (χ4n) is 4.10. The molecular weight excluding hydrogens is 478 g/mol. The van der Waals surface area contributed by atoms with E-state index in [2.05, 4.69) is 5.32 Å². The predicted molar refractivity (Wildman–Crippen MR) is 149 cm³/mol. The SMILES string of the molecule is COc1ccc(CCNCC(O)c2cc(OCc3ccccc3)ccc2OCc2ccccc2)cc1OC. The summed E-state index contributed by atoms with van der Waals surface area (Å²) in [5.41, 5.74) is 3.94. The van der Waals surface area contributed by atoms with Gasteiger partial charge in [-0.25, -0.2) is 0 Å². The van der Waals surface area contributed by atoms with E-state index in [1.54, 1.807) is 14.2 Å². The molecule has 4 aromatic carbocycles. The summed E-state index contributed by atoms with van der Waals surface area (Å²) in [6.45, 7) is 1.93. The Morgan fingerprint density at radius 1 is 0.658 bits per heavy atom. The minimum atomic E-state index is -0.772. The van der Waals surface area contributed by atoms with Gasteiger partial charge in [0.25, 0.3) is 0 Å². The van der Waals surface area contributed by atoms with Crippen LogP contribution in [-0.4, -0.2) is 32.4 Å². The Morgan fingerprint density at radius 2 is 1.29 bits per heavy atom. The van der Waals surface area contributed by atoms with E-state index in [9.17, 15) is 5.11 Å². The average molecular weight is 514 g/mol. The van der Waals surface area contributed by atoms with Gasteiger partial charge in [0.05, 0.1) is 20.3 Å². The monoisotopic (exact) mass is 513 g/mol. The Bertz CT molecular complexity index is 1260. The molecule has 0 saturated carbocycles. The predicted octanol–water partition coefficient (Wildman–Crippen LogP) is 5.73. The third kappa shape index (κ3) is 7.75. The summed E-state index contributed by atoms with van der Waals surface area (Å²) in [6, 6.07) is 31.5. The third-order valence-electron chi connectivity index (χ3n) is 6.20. The molecule has 6 heteroatoms. The highest BCUT2D eigenvalue weighted by Crippen LogP contribution is 2.31. The fourth-order valence-corrected chi connectivity index (χ4v) is 4.10. The van der Waals surface area contributed by atoms with Gasteiger partial charge in [-0.3, -0.25) is 0 Å². The van der Waals surface area contributed by atoms with Crippen molar-refractivity contribution < 1.29 is 24.1 Å². The molecule has 2 N–H and O–H groups in total. The van der Waals surface area contributed by atoms with Crippen molar-refractivity contribution in [2.24, 2.45) is 0 Å². The second kappa shape index (κ2) is 14.1. The molecule has 6 nitrogen and oxygen atoms in total. The van der Waals surface area contributed by atoms with Crippen LogP contribution in [0.1, 0.15) is 28.4 Å². The van der Waals surface area contributed by atoms with Gasteiger partial charge >= 0.3 is 0 Å². The minimum Gasteiger partial charge on any atom is -0.493 e. The van der Waals surface area contributed by atoms with Crippen LogP contribution in [0.2, 0.25) is 0 Å². The second-order valence-corrected chi connectivity index (χ2v) is 8.91.